The Kier molecular flexibility index (Phi) is 10.5. The fourth-order valence-electron chi connectivity index (χ4n) is 5.84. The van der Waals surface area contributed by atoms with E-state index in [4.69, 9.17) is 0 Å². The quantitative estimate of drug-likeness (QED) is 0.262. The molecule has 11 nitrogen and oxygen atoms in total. The normalized spacial score (nSPS) is 20.0. The summed E-state index contributed by atoms with van der Waals surface area (Å²) in [5, 5.41) is 27.4. The average Bonchev–Trinajstić information content (AvgIpc) is 3.76. The van der Waals surface area contributed by atoms with Gasteiger partial charge in [0.1, 0.15) is 22.8 Å². The fourth-order valence-corrected chi connectivity index (χ4v) is 6.77. The minimum absolute atomic E-state index is 0.0350. The summed E-state index contributed by atoms with van der Waals surface area (Å²) in [6.45, 7) is 12.3. The number of carbonyl (C=O) groups is 4. The average molecular weight is 626 g/mol. The molecule has 1 aromatic heterocycles. The predicted octanol–water partition coefficient (Wildman–Crippen LogP) is 3.51. The number of carbonyl (C=O) groups excluding carboxylic acids is 3. The van der Waals surface area contributed by atoms with Gasteiger partial charge < -0.3 is 25.3 Å². The summed E-state index contributed by atoms with van der Waals surface area (Å²) in [6, 6.07) is 4.11. The number of aromatic hydroxyl groups is 1. The molecule has 2 saturated heterocycles. The highest BCUT2D eigenvalue weighted by molar-refractivity contribution is 7.09. The van der Waals surface area contributed by atoms with Crippen molar-refractivity contribution >= 4 is 35.0 Å². The van der Waals surface area contributed by atoms with E-state index >= 15 is 0 Å². The first-order valence-corrected chi connectivity index (χ1v) is 16.0. The molecule has 12 heteroatoms. The number of hydrogen-bond donors (Lipinski definition) is 4. The number of nitrogens with zero attached hydrogens (tertiary/aromatic N) is 3. The van der Waals surface area contributed by atoms with Crippen LogP contribution in [0.15, 0.2) is 42.3 Å². The number of nitrogens with one attached hydrogen (secondary N) is 2. The highest BCUT2D eigenvalue weighted by Crippen LogP contribution is 2.36. The summed E-state index contributed by atoms with van der Waals surface area (Å²) in [5.74, 6) is -2.03. The SMILES string of the molecule is C=CC(C)(C)NC(Cc1ccc(O)cc1)C(=O)NC(C(=O)N1CCCC1C(=O)N1CCCC1c1nc(C(=O)O)cs1)C(C)C. The maximum atomic E-state index is 14.0. The topological polar surface area (TPSA) is 152 Å². The van der Waals surface area contributed by atoms with Gasteiger partial charge in [-0.3, -0.25) is 19.7 Å². The molecule has 0 spiro atoms. The van der Waals surface area contributed by atoms with Gasteiger partial charge in [0.15, 0.2) is 5.69 Å². The molecule has 0 bridgehead atoms. The molecule has 4 unspecified atom stereocenters. The van der Waals surface area contributed by atoms with Crippen LogP contribution < -0.4 is 10.6 Å². The van der Waals surface area contributed by atoms with E-state index in [1.165, 1.54) is 16.7 Å². The van der Waals surface area contributed by atoms with E-state index in [2.05, 4.69) is 22.2 Å². The van der Waals surface area contributed by atoms with Gasteiger partial charge in [0.25, 0.3) is 0 Å². The summed E-state index contributed by atoms with van der Waals surface area (Å²) in [6.07, 6.45) is 4.67. The maximum absolute atomic E-state index is 14.0. The second kappa shape index (κ2) is 13.9. The van der Waals surface area contributed by atoms with E-state index in [9.17, 15) is 29.4 Å². The molecule has 3 amide bonds. The molecule has 4 atom stereocenters. The number of phenols is 1. The lowest BCUT2D eigenvalue weighted by Gasteiger charge is -2.35. The molecule has 0 saturated carbocycles. The van der Waals surface area contributed by atoms with E-state index in [0.29, 0.717) is 43.8 Å². The summed E-state index contributed by atoms with van der Waals surface area (Å²) in [5.41, 5.74) is 0.230. The second-order valence-electron chi connectivity index (χ2n) is 12.5. The minimum Gasteiger partial charge on any atom is -0.508 e. The molecule has 2 aromatic rings. The van der Waals surface area contributed by atoms with Gasteiger partial charge in [0.2, 0.25) is 17.7 Å². The van der Waals surface area contributed by atoms with Crippen LogP contribution in [-0.4, -0.2) is 85.4 Å². The molecular weight excluding hydrogens is 582 g/mol. The fraction of sp³-hybridized carbons (Fsp3) is 0.531. The predicted molar refractivity (Wildman–Crippen MR) is 167 cm³/mol. The van der Waals surface area contributed by atoms with Crippen LogP contribution in [0.25, 0.3) is 0 Å². The number of phenolic OH excluding ortho intramolecular Hbond substituents is 1. The third-order valence-electron chi connectivity index (χ3n) is 8.36. The molecular formula is C32H43N5O6S. The largest absolute Gasteiger partial charge is 0.508 e. The van der Waals surface area contributed by atoms with E-state index in [0.717, 1.165) is 12.0 Å². The number of carboxylic acid groups (broad SMARTS) is 1. The highest BCUT2D eigenvalue weighted by Gasteiger charge is 2.43. The van der Waals surface area contributed by atoms with Crippen LogP contribution in [0.2, 0.25) is 0 Å². The molecule has 2 aliphatic rings. The molecule has 4 N–H and O–H groups in total. The van der Waals surface area contributed by atoms with Gasteiger partial charge in [-0.15, -0.1) is 17.9 Å². The lowest BCUT2D eigenvalue weighted by Crippen LogP contribution is -2.60. The van der Waals surface area contributed by atoms with E-state index in [-0.39, 0.29) is 41.1 Å². The summed E-state index contributed by atoms with van der Waals surface area (Å²) >= 11 is 1.23. The Morgan fingerprint density at radius 1 is 1.11 bits per heavy atom. The molecule has 0 aliphatic carbocycles. The number of amides is 3. The van der Waals surface area contributed by atoms with Crippen molar-refractivity contribution in [3.8, 4) is 5.75 Å². The van der Waals surface area contributed by atoms with Crippen molar-refractivity contribution in [3.05, 3.63) is 58.6 Å². The van der Waals surface area contributed by atoms with Gasteiger partial charge >= 0.3 is 5.97 Å². The van der Waals surface area contributed by atoms with Gasteiger partial charge in [-0.25, -0.2) is 9.78 Å². The lowest BCUT2D eigenvalue weighted by atomic mass is 9.97. The van der Waals surface area contributed by atoms with Crippen LogP contribution >= 0.6 is 11.3 Å². The lowest BCUT2D eigenvalue weighted by molar-refractivity contribution is -0.147. The molecule has 4 rings (SSSR count). The highest BCUT2D eigenvalue weighted by atomic mass is 32.1. The molecule has 3 heterocycles. The number of benzene rings is 1. The Hall–Kier alpha value is -3.77. The Morgan fingerprint density at radius 2 is 1.77 bits per heavy atom. The van der Waals surface area contributed by atoms with Crippen LogP contribution in [-0.2, 0) is 20.8 Å². The summed E-state index contributed by atoms with van der Waals surface area (Å²) in [4.78, 5) is 60.7. The summed E-state index contributed by atoms with van der Waals surface area (Å²) < 4.78 is 0. The van der Waals surface area contributed by atoms with Crippen molar-refractivity contribution in [2.24, 2.45) is 5.92 Å². The first-order chi connectivity index (χ1) is 20.8. The van der Waals surface area contributed by atoms with Crippen LogP contribution in [0.4, 0.5) is 0 Å². The second-order valence-corrected chi connectivity index (χ2v) is 13.4. The first-order valence-electron chi connectivity index (χ1n) is 15.1. The Labute approximate surface area is 262 Å². The molecule has 2 aliphatic heterocycles. The number of carboxylic acids is 1. The summed E-state index contributed by atoms with van der Waals surface area (Å²) in [7, 11) is 0. The van der Waals surface area contributed by atoms with Gasteiger partial charge in [-0.2, -0.15) is 0 Å². The van der Waals surface area contributed by atoms with E-state index < -0.39 is 29.6 Å². The number of aromatic nitrogens is 1. The number of aromatic carboxylic acids is 1. The van der Waals surface area contributed by atoms with Gasteiger partial charge in [0, 0.05) is 24.0 Å². The number of likely N-dealkylation sites (tertiary alicyclic amines) is 2. The van der Waals surface area contributed by atoms with Crippen LogP contribution in [0.3, 0.4) is 0 Å². The van der Waals surface area contributed by atoms with Gasteiger partial charge in [-0.05, 0) is 69.6 Å². The third kappa shape index (κ3) is 7.65. The molecule has 238 valence electrons. The zero-order valence-electron chi connectivity index (χ0n) is 25.8. The standard InChI is InChI=1S/C32H43N5O6S/c1-6-32(4,5)35-22(17-20-11-13-21(38)14-12-20)27(39)34-26(19(2)3)30(41)37-16-8-10-25(37)29(40)36-15-7-9-24(36)28-33-23(18-44-28)31(42)43/h6,11-14,18-19,22,24-26,35,38H,1,7-10,15-17H2,2-5H3,(H,34,39)(H,42,43). The molecule has 2 fully saturated rings. The number of thiazole rings is 1. The molecule has 1 aromatic carbocycles. The van der Waals surface area contributed by atoms with Crippen molar-refractivity contribution in [3.63, 3.8) is 0 Å². The van der Waals surface area contributed by atoms with Crippen LogP contribution in [0.5, 0.6) is 5.75 Å². The van der Waals surface area contributed by atoms with Crippen molar-refractivity contribution in [2.75, 3.05) is 13.1 Å². The number of rotatable bonds is 12. The molecule has 0 radical (unpaired) electrons. The van der Waals surface area contributed by atoms with Crippen molar-refractivity contribution in [2.45, 2.75) is 89.5 Å². The monoisotopic (exact) mass is 625 g/mol. The zero-order valence-corrected chi connectivity index (χ0v) is 26.6. The van der Waals surface area contributed by atoms with E-state index in [1.54, 1.807) is 40.1 Å². The maximum Gasteiger partial charge on any atom is 0.355 e. The van der Waals surface area contributed by atoms with Gasteiger partial charge in [0.05, 0.1) is 12.1 Å². The molecule has 44 heavy (non-hydrogen) atoms. The third-order valence-corrected chi connectivity index (χ3v) is 9.31. The van der Waals surface area contributed by atoms with Crippen molar-refractivity contribution in [1.82, 2.24) is 25.4 Å². The smallest absolute Gasteiger partial charge is 0.355 e. The zero-order chi connectivity index (χ0) is 32.2. The Morgan fingerprint density at radius 3 is 2.39 bits per heavy atom. The van der Waals surface area contributed by atoms with E-state index in [1.807, 2.05) is 27.7 Å². The van der Waals surface area contributed by atoms with Gasteiger partial charge in [-0.1, -0.05) is 32.1 Å². The first kappa shape index (κ1) is 33.1. The Bertz CT molecular complexity index is 1370. The van der Waals surface area contributed by atoms with Crippen molar-refractivity contribution < 1.29 is 29.4 Å². The van der Waals surface area contributed by atoms with Crippen LogP contribution in [0.1, 0.15) is 80.5 Å². The number of hydrogen-bond acceptors (Lipinski definition) is 8. The Balaban J connectivity index is 1.51. The van der Waals surface area contributed by atoms with Crippen LogP contribution in [0, 0.1) is 5.92 Å². The van der Waals surface area contributed by atoms with Crippen molar-refractivity contribution in [1.29, 1.82) is 0 Å². The minimum atomic E-state index is -1.11.